The Morgan fingerprint density at radius 1 is 1.32 bits per heavy atom. The Morgan fingerprint density at radius 2 is 2.11 bits per heavy atom. The maximum atomic E-state index is 12.9. The number of oxime groups is 1. The minimum absolute atomic E-state index is 0.0601. The average molecular weight is 389 g/mol. The van der Waals surface area contributed by atoms with Crippen LogP contribution in [0, 0.1) is 17.7 Å². The smallest absolute Gasteiger partial charge is 0.306 e. The first-order valence-electron chi connectivity index (χ1n) is 9.35. The summed E-state index contributed by atoms with van der Waals surface area (Å²) in [6, 6.07) is 5.67. The zero-order valence-electron chi connectivity index (χ0n) is 15.5. The van der Waals surface area contributed by atoms with Gasteiger partial charge in [-0.3, -0.25) is 4.79 Å². The second-order valence-electron chi connectivity index (χ2n) is 7.04. The normalized spacial score (nSPS) is 23.6. The number of halogens is 1. The van der Waals surface area contributed by atoms with E-state index in [0.717, 1.165) is 25.0 Å². The van der Waals surface area contributed by atoms with Crippen molar-refractivity contribution in [2.75, 3.05) is 13.2 Å². The minimum atomic E-state index is -0.902. The number of carbonyl (C=O) groups is 1. The highest BCUT2D eigenvalue weighted by molar-refractivity contribution is 5.87. The van der Waals surface area contributed by atoms with E-state index in [1.165, 1.54) is 29.8 Å². The number of allylic oxidation sites excluding steroid dienone is 3. The molecule has 3 rings (SSSR count). The lowest BCUT2D eigenvalue weighted by atomic mass is 9.94. The van der Waals surface area contributed by atoms with Gasteiger partial charge in [0.1, 0.15) is 30.9 Å². The van der Waals surface area contributed by atoms with Crippen molar-refractivity contribution in [3.05, 3.63) is 53.9 Å². The van der Waals surface area contributed by atoms with E-state index in [0.29, 0.717) is 17.6 Å². The molecule has 0 bridgehead atoms. The molecule has 1 aromatic rings. The lowest BCUT2D eigenvalue weighted by Gasteiger charge is -2.12. The fourth-order valence-corrected chi connectivity index (χ4v) is 3.55. The number of fused-ring (bicyclic) bond motifs is 1. The topological polar surface area (TPSA) is 88.4 Å². The van der Waals surface area contributed by atoms with Gasteiger partial charge in [0.25, 0.3) is 0 Å². The monoisotopic (exact) mass is 389 g/mol. The number of nitrogens with zero attached hydrogens (tertiary/aromatic N) is 1. The molecule has 1 fully saturated rings. The Morgan fingerprint density at radius 3 is 2.86 bits per heavy atom. The molecular weight excluding hydrogens is 365 g/mol. The van der Waals surface area contributed by atoms with E-state index in [2.05, 4.69) is 11.2 Å². The lowest BCUT2D eigenvalue weighted by molar-refractivity contribution is -0.138. The van der Waals surface area contributed by atoms with Crippen LogP contribution < -0.4 is 4.74 Å². The SMILES string of the molecule is O=C(O)CCO/N=C1/C[C@H]2CC=C(C=CC(O)COc3ccc(F)cc3)[C@@H]2C1. The second-order valence-corrected chi connectivity index (χ2v) is 7.04. The van der Waals surface area contributed by atoms with E-state index < -0.39 is 12.1 Å². The molecule has 2 aliphatic rings. The first kappa shape index (κ1) is 20.1. The molecule has 0 amide bonds. The predicted octanol–water partition coefficient (Wildman–Crippen LogP) is 3.33. The van der Waals surface area contributed by atoms with Gasteiger partial charge in [0.15, 0.2) is 0 Å². The summed E-state index contributed by atoms with van der Waals surface area (Å²) in [4.78, 5) is 15.6. The molecule has 0 spiro atoms. The van der Waals surface area contributed by atoms with Gasteiger partial charge in [0.2, 0.25) is 0 Å². The van der Waals surface area contributed by atoms with Gasteiger partial charge in [-0.15, -0.1) is 0 Å². The highest BCUT2D eigenvalue weighted by Gasteiger charge is 2.36. The van der Waals surface area contributed by atoms with Gasteiger partial charge in [-0.1, -0.05) is 23.4 Å². The van der Waals surface area contributed by atoms with Crippen molar-refractivity contribution in [3.63, 3.8) is 0 Å². The summed E-state index contributed by atoms with van der Waals surface area (Å²) in [7, 11) is 0. The van der Waals surface area contributed by atoms with E-state index >= 15 is 0 Å². The van der Waals surface area contributed by atoms with Crippen molar-refractivity contribution in [1.29, 1.82) is 0 Å². The fraction of sp³-hybridized carbons (Fsp3) is 0.429. The largest absolute Gasteiger partial charge is 0.491 e. The number of carboxylic acid groups (broad SMARTS) is 1. The molecule has 7 heteroatoms. The summed E-state index contributed by atoms with van der Waals surface area (Å²) in [6.07, 6.45) is 7.59. The maximum absolute atomic E-state index is 12.9. The number of carboxylic acids is 1. The molecule has 150 valence electrons. The van der Waals surface area contributed by atoms with Gasteiger partial charge in [0.05, 0.1) is 12.1 Å². The van der Waals surface area contributed by atoms with Crippen molar-refractivity contribution in [1.82, 2.24) is 0 Å². The number of benzene rings is 1. The average Bonchev–Trinajstić information content (AvgIpc) is 3.23. The van der Waals surface area contributed by atoms with Gasteiger partial charge in [0, 0.05) is 0 Å². The van der Waals surface area contributed by atoms with Crippen LogP contribution in [0.3, 0.4) is 0 Å². The predicted molar refractivity (Wildman–Crippen MR) is 102 cm³/mol. The Hall–Kier alpha value is -2.67. The number of hydrogen-bond acceptors (Lipinski definition) is 5. The van der Waals surface area contributed by atoms with E-state index in [1.54, 1.807) is 6.08 Å². The molecule has 0 aromatic heterocycles. The Labute approximate surface area is 163 Å². The molecule has 0 saturated heterocycles. The number of ether oxygens (including phenoxy) is 1. The van der Waals surface area contributed by atoms with E-state index in [1.807, 2.05) is 6.08 Å². The van der Waals surface area contributed by atoms with E-state index in [-0.39, 0.29) is 25.5 Å². The summed E-state index contributed by atoms with van der Waals surface area (Å²) in [5.41, 5.74) is 2.13. The summed E-state index contributed by atoms with van der Waals surface area (Å²) >= 11 is 0. The summed E-state index contributed by atoms with van der Waals surface area (Å²) in [6.45, 7) is 0.171. The first-order chi connectivity index (χ1) is 13.5. The summed E-state index contributed by atoms with van der Waals surface area (Å²) in [5, 5.41) is 22.8. The number of aliphatic hydroxyl groups excluding tert-OH is 1. The van der Waals surface area contributed by atoms with Crippen LogP contribution in [0.4, 0.5) is 4.39 Å². The molecule has 2 N–H and O–H groups in total. The standard InChI is InChI=1S/C21H24FNO5/c22-16-4-7-19(8-5-16)27-13-18(24)6-3-14-1-2-15-11-17(12-20(14)15)23-28-10-9-21(25)26/h1,3-8,15,18,20,24H,2,9-13H2,(H,25,26)/b6-3?,23-17-/t15-,18?,20+/m1/s1. The third kappa shape index (κ3) is 5.66. The number of aliphatic carboxylic acids is 1. The molecule has 28 heavy (non-hydrogen) atoms. The van der Waals surface area contributed by atoms with Crippen LogP contribution in [-0.4, -0.2) is 41.2 Å². The van der Waals surface area contributed by atoms with Crippen LogP contribution in [0.15, 0.2) is 53.2 Å². The Bertz CT molecular complexity index is 772. The molecule has 3 atom stereocenters. The molecule has 2 aliphatic carbocycles. The third-order valence-electron chi connectivity index (χ3n) is 4.95. The maximum Gasteiger partial charge on any atom is 0.306 e. The highest BCUT2D eigenvalue weighted by atomic mass is 19.1. The van der Waals surface area contributed by atoms with Crippen molar-refractivity contribution in [3.8, 4) is 5.75 Å². The molecule has 1 aromatic carbocycles. The molecule has 1 unspecified atom stereocenters. The first-order valence-corrected chi connectivity index (χ1v) is 9.35. The van der Waals surface area contributed by atoms with Gasteiger partial charge in [-0.05, 0) is 60.9 Å². The number of rotatable bonds is 9. The Kier molecular flexibility index (Phi) is 6.81. The van der Waals surface area contributed by atoms with Crippen LogP contribution in [-0.2, 0) is 9.63 Å². The molecule has 0 aliphatic heterocycles. The van der Waals surface area contributed by atoms with Crippen molar-refractivity contribution in [2.24, 2.45) is 17.0 Å². The van der Waals surface area contributed by atoms with Crippen LogP contribution >= 0.6 is 0 Å². The van der Waals surface area contributed by atoms with Gasteiger partial charge in [-0.25, -0.2) is 4.39 Å². The minimum Gasteiger partial charge on any atom is -0.491 e. The molecule has 0 radical (unpaired) electrons. The number of hydrogen-bond donors (Lipinski definition) is 2. The molecular formula is C21H24FNO5. The molecule has 0 heterocycles. The summed E-state index contributed by atoms with van der Waals surface area (Å²) in [5.74, 6) is 0.106. The van der Waals surface area contributed by atoms with Crippen molar-refractivity contribution < 1.29 is 29.0 Å². The van der Waals surface area contributed by atoms with Crippen molar-refractivity contribution in [2.45, 2.75) is 31.8 Å². The molecule has 6 nitrogen and oxygen atoms in total. The Balaban J connectivity index is 1.45. The molecule has 1 saturated carbocycles. The van der Waals surface area contributed by atoms with Gasteiger partial charge < -0.3 is 19.8 Å². The quantitative estimate of drug-likeness (QED) is 0.500. The van der Waals surface area contributed by atoms with Crippen molar-refractivity contribution >= 4 is 11.7 Å². The lowest BCUT2D eigenvalue weighted by Crippen LogP contribution is -2.15. The third-order valence-corrected chi connectivity index (χ3v) is 4.95. The number of aliphatic hydroxyl groups is 1. The highest BCUT2D eigenvalue weighted by Crippen LogP contribution is 2.43. The van der Waals surface area contributed by atoms with E-state index in [4.69, 9.17) is 14.7 Å². The zero-order chi connectivity index (χ0) is 19.9. The fourth-order valence-electron chi connectivity index (χ4n) is 3.55. The van der Waals surface area contributed by atoms with Crippen LogP contribution in [0.1, 0.15) is 25.7 Å². The second kappa shape index (κ2) is 9.50. The van der Waals surface area contributed by atoms with Gasteiger partial charge >= 0.3 is 5.97 Å². The summed E-state index contributed by atoms with van der Waals surface area (Å²) < 4.78 is 18.3. The zero-order valence-corrected chi connectivity index (χ0v) is 15.5. The van der Waals surface area contributed by atoms with Crippen LogP contribution in [0.2, 0.25) is 0 Å². The van der Waals surface area contributed by atoms with E-state index in [9.17, 15) is 14.3 Å². The van der Waals surface area contributed by atoms with Crippen LogP contribution in [0.25, 0.3) is 0 Å². The van der Waals surface area contributed by atoms with Gasteiger partial charge in [-0.2, -0.15) is 0 Å². The van der Waals surface area contributed by atoms with Crippen LogP contribution in [0.5, 0.6) is 5.75 Å².